The number of nitriles is 1. The summed E-state index contributed by atoms with van der Waals surface area (Å²) in [6.07, 6.45) is 0.755. The predicted octanol–water partition coefficient (Wildman–Crippen LogP) is 6.45. The number of ether oxygens (including phenoxy) is 1. The third-order valence-electron chi connectivity index (χ3n) is 4.58. The van der Waals surface area contributed by atoms with Gasteiger partial charge in [-0.3, -0.25) is 4.79 Å². The van der Waals surface area contributed by atoms with Gasteiger partial charge in [0.15, 0.2) is 0 Å². The number of anilines is 1. The van der Waals surface area contributed by atoms with Crippen LogP contribution >= 0.6 is 0 Å². The van der Waals surface area contributed by atoms with Crippen molar-refractivity contribution in [2.75, 3.05) is 5.32 Å². The fourth-order valence-electron chi connectivity index (χ4n) is 2.94. The molecule has 4 nitrogen and oxygen atoms in total. The fourth-order valence-corrected chi connectivity index (χ4v) is 2.94. The molecule has 0 aliphatic heterocycles. The van der Waals surface area contributed by atoms with E-state index in [2.05, 4.69) is 31.0 Å². The molecule has 0 aliphatic carbocycles. The molecule has 0 bridgehead atoms. The Kier molecular flexibility index (Phi) is 7.26. The molecule has 0 saturated heterocycles. The van der Waals surface area contributed by atoms with E-state index in [4.69, 9.17) is 10.00 Å². The van der Waals surface area contributed by atoms with Crippen LogP contribution in [0, 0.1) is 41.8 Å². The van der Waals surface area contributed by atoms with Crippen LogP contribution in [0.4, 0.5) is 10.1 Å². The Morgan fingerprint density at radius 3 is 2.59 bits per heavy atom. The molecular weight excluding hydrogens is 403 g/mol. The van der Waals surface area contributed by atoms with E-state index < -0.39 is 5.91 Å². The zero-order valence-electron chi connectivity index (χ0n) is 18.2. The average Bonchev–Trinajstić information content (AvgIpc) is 2.75. The standard InChI is InChI=1S/C27H23FN2O2/c1-18(2)6-4-7-20-10-12-24(27(31)30-23-9-5-8-21(15-23)17-29)26(16-20)32-25-13-11-22(28)14-19(25)3/h5,8-16,18H,6H2,1-3H3,(H,30,31). The van der Waals surface area contributed by atoms with Crippen LogP contribution in [0.2, 0.25) is 0 Å². The summed E-state index contributed by atoms with van der Waals surface area (Å²) >= 11 is 0. The van der Waals surface area contributed by atoms with Gasteiger partial charge in [0.05, 0.1) is 17.2 Å². The molecule has 0 aliphatic rings. The van der Waals surface area contributed by atoms with Gasteiger partial charge in [-0.25, -0.2) is 4.39 Å². The van der Waals surface area contributed by atoms with Crippen molar-refractivity contribution in [3.8, 4) is 29.4 Å². The fraction of sp³-hybridized carbons (Fsp3) is 0.185. The lowest BCUT2D eigenvalue weighted by Gasteiger charge is -2.14. The highest BCUT2D eigenvalue weighted by Crippen LogP contribution is 2.30. The van der Waals surface area contributed by atoms with Crippen molar-refractivity contribution in [1.82, 2.24) is 0 Å². The predicted molar refractivity (Wildman–Crippen MR) is 123 cm³/mol. The minimum absolute atomic E-state index is 0.297. The minimum Gasteiger partial charge on any atom is -0.456 e. The van der Waals surface area contributed by atoms with E-state index in [9.17, 15) is 9.18 Å². The Labute approximate surface area is 187 Å². The third-order valence-corrected chi connectivity index (χ3v) is 4.58. The normalized spacial score (nSPS) is 10.1. The number of hydrogen-bond acceptors (Lipinski definition) is 3. The molecule has 0 fully saturated rings. The lowest BCUT2D eigenvalue weighted by molar-refractivity contribution is 0.102. The molecule has 1 N–H and O–H groups in total. The van der Waals surface area contributed by atoms with Crippen molar-refractivity contribution in [3.05, 3.63) is 88.7 Å². The molecule has 0 aromatic heterocycles. The van der Waals surface area contributed by atoms with Crippen LogP contribution in [-0.4, -0.2) is 5.91 Å². The molecule has 0 atom stereocenters. The van der Waals surface area contributed by atoms with Crippen molar-refractivity contribution in [1.29, 1.82) is 5.26 Å². The van der Waals surface area contributed by atoms with Gasteiger partial charge in [0.25, 0.3) is 5.91 Å². The topological polar surface area (TPSA) is 62.1 Å². The van der Waals surface area contributed by atoms with Crippen molar-refractivity contribution >= 4 is 11.6 Å². The van der Waals surface area contributed by atoms with Gasteiger partial charge in [-0.2, -0.15) is 5.26 Å². The lowest BCUT2D eigenvalue weighted by atomic mass is 10.1. The summed E-state index contributed by atoms with van der Waals surface area (Å²) < 4.78 is 19.5. The molecule has 3 rings (SSSR count). The molecular formula is C27H23FN2O2. The Bertz CT molecular complexity index is 1250. The highest BCUT2D eigenvalue weighted by atomic mass is 19.1. The van der Waals surface area contributed by atoms with Crippen molar-refractivity contribution in [2.45, 2.75) is 27.2 Å². The Morgan fingerprint density at radius 2 is 1.88 bits per heavy atom. The summed E-state index contributed by atoms with van der Waals surface area (Å²) in [5, 5.41) is 11.9. The monoisotopic (exact) mass is 426 g/mol. The van der Waals surface area contributed by atoms with E-state index in [-0.39, 0.29) is 5.82 Å². The van der Waals surface area contributed by atoms with Gasteiger partial charge < -0.3 is 10.1 Å². The van der Waals surface area contributed by atoms with Crippen LogP contribution in [0.25, 0.3) is 0 Å². The van der Waals surface area contributed by atoms with Crippen LogP contribution < -0.4 is 10.1 Å². The van der Waals surface area contributed by atoms with Crippen LogP contribution in [-0.2, 0) is 0 Å². The number of aryl methyl sites for hydroxylation is 1. The second-order valence-corrected chi connectivity index (χ2v) is 7.77. The summed E-state index contributed by atoms with van der Waals surface area (Å²) in [6, 6.07) is 18.0. The molecule has 160 valence electrons. The van der Waals surface area contributed by atoms with E-state index in [0.717, 1.165) is 6.42 Å². The second kappa shape index (κ2) is 10.3. The first-order valence-corrected chi connectivity index (χ1v) is 10.2. The first-order chi connectivity index (χ1) is 15.4. The van der Waals surface area contributed by atoms with Crippen LogP contribution in [0.3, 0.4) is 0 Å². The average molecular weight is 426 g/mol. The van der Waals surface area contributed by atoms with Crippen molar-refractivity contribution in [2.24, 2.45) is 5.92 Å². The molecule has 0 spiro atoms. The maximum atomic E-state index is 13.5. The Balaban J connectivity index is 1.96. The highest BCUT2D eigenvalue weighted by molar-refractivity contribution is 6.06. The first kappa shape index (κ1) is 22.6. The number of halogens is 1. The number of hydrogen-bond donors (Lipinski definition) is 1. The lowest BCUT2D eigenvalue weighted by Crippen LogP contribution is -2.13. The molecule has 0 radical (unpaired) electrons. The van der Waals surface area contributed by atoms with Crippen LogP contribution in [0.5, 0.6) is 11.5 Å². The molecule has 3 aromatic rings. The molecule has 0 saturated carbocycles. The SMILES string of the molecule is Cc1cc(F)ccc1Oc1cc(C#CCC(C)C)ccc1C(=O)Nc1cccc(C#N)c1. The van der Waals surface area contributed by atoms with Gasteiger partial charge in [0.2, 0.25) is 0 Å². The summed E-state index contributed by atoms with van der Waals surface area (Å²) in [4.78, 5) is 13.0. The first-order valence-electron chi connectivity index (χ1n) is 10.2. The van der Waals surface area contributed by atoms with Gasteiger partial charge >= 0.3 is 0 Å². The number of carbonyl (C=O) groups excluding carboxylic acids is 1. The zero-order valence-corrected chi connectivity index (χ0v) is 18.2. The number of nitrogens with one attached hydrogen (secondary N) is 1. The number of amides is 1. The second-order valence-electron chi connectivity index (χ2n) is 7.77. The van der Waals surface area contributed by atoms with Crippen LogP contribution in [0.15, 0.2) is 60.7 Å². The number of nitrogens with zero attached hydrogens (tertiary/aromatic N) is 1. The third kappa shape index (κ3) is 5.97. The van der Waals surface area contributed by atoms with Gasteiger partial charge in [-0.05, 0) is 73.0 Å². The van der Waals surface area contributed by atoms with Crippen molar-refractivity contribution in [3.63, 3.8) is 0 Å². The minimum atomic E-state index is -0.392. The Morgan fingerprint density at radius 1 is 1.06 bits per heavy atom. The molecule has 0 unspecified atom stereocenters. The highest BCUT2D eigenvalue weighted by Gasteiger charge is 2.16. The molecule has 0 heterocycles. The smallest absolute Gasteiger partial charge is 0.259 e. The Hall–Kier alpha value is -4.09. The van der Waals surface area contributed by atoms with E-state index in [1.165, 1.54) is 18.2 Å². The maximum Gasteiger partial charge on any atom is 0.259 e. The summed E-state index contributed by atoms with van der Waals surface area (Å²) in [5.41, 5.74) is 2.55. The van der Waals surface area contributed by atoms with Crippen LogP contribution in [0.1, 0.15) is 47.3 Å². The zero-order chi connectivity index (χ0) is 23.1. The van der Waals surface area contributed by atoms with Gasteiger partial charge in [-0.1, -0.05) is 31.8 Å². The van der Waals surface area contributed by atoms with E-state index >= 15 is 0 Å². The summed E-state index contributed by atoms with van der Waals surface area (Å²) in [6.45, 7) is 5.92. The molecule has 1 amide bonds. The van der Waals surface area contributed by atoms with Gasteiger partial charge in [0.1, 0.15) is 17.3 Å². The largest absolute Gasteiger partial charge is 0.456 e. The maximum absolute atomic E-state index is 13.5. The molecule has 3 aromatic carbocycles. The number of carbonyl (C=O) groups is 1. The van der Waals surface area contributed by atoms with Gasteiger partial charge in [-0.15, -0.1) is 0 Å². The summed E-state index contributed by atoms with van der Waals surface area (Å²) in [7, 11) is 0. The summed E-state index contributed by atoms with van der Waals surface area (Å²) in [5.74, 6) is 6.68. The van der Waals surface area contributed by atoms with E-state index in [1.54, 1.807) is 49.4 Å². The quantitative estimate of drug-likeness (QED) is 0.477. The van der Waals surface area contributed by atoms with Crippen molar-refractivity contribution < 1.29 is 13.9 Å². The number of rotatable bonds is 5. The number of benzene rings is 3. The van der Waals surface area contributed by atoms with E-state index in [1.807, 2.05) is 6.07 Å². The molecule has 5 heteroatoms. The van der Waals surface area contributed by atoms with E-state index in [0.29, 0.717) is 45.4 Å². The van der Waals surface area contributed by atoms with Gasteiger partial charge in [0, 0.05) is 17.7 Å². The molecule has 32 heavy (non-hydrogen) atoms.